The lowest BCUT2D eigenvalue weighted by Crippen LogP contribution is -2.37. The molecule has 1 N–H and O–H groups in total. The molecule has 13 heavy (non-hydrogen) atoms. The minimum absolute atomic E-state index is 0.874. The maximum atomic E-state index is 5.28. The fourth-order valence-corrected chi connectivity index (χ4v) is 1.46. The van der Waals surface area contributed by atoms with Crippen LogP contribution in [0.3, 0.4) is 0 Å². The van der Waals surface area contributed by atoms with Crippen LogP contribution in [-0.2, 0) is 4.74 Å². The molecular weight excluding hydrogens is 164 g/mol. The van der Waals surface area contributed by atoms with E-state index in [1.165, 1.54) is 5.57 Å². The van der Waals surface area contributed by atoms with Crippen LogP contribution in [0.2, 0.25) is 0 Å². The van der Waals surface area contributed by atoms with Crippen molar-refractivity contribution in [2.75, 3.05) is 46.4 Å². The number of rotatable bonds is 5. The number of hydrogen-bond donors (Lipinski definition) is 1. The molecule has 1 fully saturated rings. The zero-order valence-electron chi connectivity index (χ0n) is 8.51. The number of nitrogens with zero attached hydrogens (tertiary/aromatic N) is 1. The van der Waals surface area contributed by atoms with Gasteiger partial charge in [-0.25, -0.2) is 0 Å². The van der Waals surface area contributed by atoms with Crippen molar-refractivity contribution < 1.29 is 4.74 Å². The quantitative estimate of drug-likeness (QED) is 0.629. The van der Waals surface area contributed by atoms with Gasteiger partial charge in [-0.3, -0.25) is 4.90 Å². The van der Waals surface area contributed by atoms with Gasteiger partial charge in [-0.2, -0.15) is 0 Å². The average Bonchev–Trinajstić information content (AvgIpc) is 2.16. The molecule has 0 spiro atoms. The SMILES string of the molecule is C=C(CCNC)CN1CCOCC1. The van der Waals surface area contributed by atoms with Crippen LogP contribution in [-0.4, -0.2) is 51.3 Å². The molecule has 0 radical (unpaired) electrons. The van der Waals surface area contributed by atoms with Crippen LogP contribution >= 0.6 is 0 Å². The Morgan fingerprint density at radius 3 is 2.77 bits per heavy atom. The highest BCUT2D eigenvalue weighted by Gasteiger charge is 2.10. The van der Waals surface area contributed by atoms with E-state index in [-0.39, 0.29) is 0 Å². The normalized spacial score (nSPS) is 18.8. The topological polar surface area (TPSA) is 24.5 Å². The molecule has 0 amide bonds. The van der Waals surface area contributed by atoms with E-state index in [4.69, 9.17) is 4.74 Å². The van der Waals surface area contributed by atoms with E-state index in [1.807, 2.05) is 7.05 Å². The first-order valence-corrected chi connectivity index (χ1v) is 4.94. The van der Waals surface area contributed by atoms with Crippen molar-refractivity contribution in [3.63, 3.8) is 0 Å². The molecule has 3 heteroatoms. The van der Waals surface area contributed by atoms with Crippen molar-refractivity contribution in [1.82, 2.24) is 10.2 Å². The minimum Gasteiger partial charge on any atom is -0.379 e. The zero-order chi connectivity index (χ0) is 9.52. The van der Waals surface area contributed by atoms with Gasteiger partial charge in [-0.15, -0.1) is 0 Å². The molecule has 0 unspecified atom stereocenters. The second-order valence-corrected chi connectivity index (χ2v) is 3.49. The summed E-state index contributed by atoms with van der Waals surface area (Å²) in [4.78, 5) is 2.40. The van der Waals surface area contributed by atoms with E-state index in [2.05, 4.69) is 16.8 Å². The van der Waals surface area contributed by atoms with Gasteiger partial charge in [0.05, 0.1) is 13.2 Å². The Hall–Kier alpha value is -0.380. The smallest absolute Gasteiger partial charge is 0.0594 e. The molecule has 0 atom stereocenters. The minimum atomic E-state index is 0.874. The van der Waals surface area contributed by atoms with Crippen molar-refractivity contribution >= 4 is 0 Å². The molecule has 1 aliphatic heterocycles. The molecule has 0 saturated carbocycles. The largest absolute Gasteiger partial charge is 0.379 e. The predicted octanol–water partition coefficient (Wildman–Crippen LogP) is 0.484. The van der Waals surface area contributed by atoms with Crippen LogP contribution in [0.1, 0.15) is 6.42 Å². The van der Waals surface area contributed by atoms with E-state index < -0.39 is 0 Å². The Labute approximate surface area is 80.8 Å². The molecule has 0 aromatic carbocycles. The van der Waals surface area contributed by atoms with E-state index in [9.17, 15) is 0 Å². The summed E-state index contributed by atoms with van der Waals surface area (Å²) in [5.41, 5.74) is 1.32. The van der Waals surface area contributed by atoms with E-state index in [1.54, 1.807) is 0 Å². The monoisotopic (exact) mass is 184 g/mol. The fourth-order valence-electron chi connectivity index (χ4n) is 1.46. The van der Waals surface area contributed by atoms with Crippen molar-refractivity contribution in [1.29, 1.82) is 0 Å². The molecule has 3 nitrogen and oxygen atoms in total. The lowest BCUT2D eigenvalue weighted by molar-refractivity contribution is 0.0420. The van der Waals surface area contributed by atoms with E-state index in [0.717, 1.165) is 45.8 Å². The van der Waals surface area contributed by atoms with Gasteiger partial charge in [-0.1, -0.05) is 12.2 Å². The van der Waals surface area contributed by atoms with Crippen molar-refractivity contribution in [2.45, 2.75) is 6.42 Å². The summed E-state index contributed by atoms with van der Waals surface area (Å²) in [6, 6.07) is 0. The molecule has 0 aliphatic carbocycles. The molecule has 1 saturated heterocycles. The number of morpholine rings is 1. The molecule has 1 heterocycles. The predicted molar refractivity (Wildman–Crippen MR) is 54.9 cm³/mol. The highest BCUT2D eigenvalue weighted by molar-refractivity contribution is 4.98. The molecule has 1 rings (SSSR count). The van der Waals surface area contributed by atoms with Crippen molar-refractivity contribution in [2.24, 2.45) is 0 Å². The Bertz CT molecular complexity index is 153. The second-order valence-electron chi connectivity index (χ2n) is 3.49. The summed E-state index contributed by atoms with van der Waals surface area (Å²) in [7, 11) is 1.97. The van der Waals surface area contributed by atoms with Gasteiger partial charge in [0.25, 0.3) is 0 Å². The van der Waals surface area contributed by atoms with Gasteiger partial charge in [0.15, 0.2) is 0 Å². The first-order chi connectivity index (χ1) is 6.33. The third-order valence-electron chi connectivity index (χ3n) is 2.28. The van der Waals surface area contributed by atoms with E-state index >= 15 is 0 Å². The Morgan fingerprint density at radius 1 is 1.46 bits per heavy atom. The Kier molecular flexibility index (Phi) is 5.05. The number of nitrogens with one attached hydrogen (secondary N) is 1. The first-order valence-electron chi connectivity index (χ1n) is 4.94. The third-order valence-corrected chi connectivity index (χ3v) is 2.28. The van der Waals surface area contributed by atoms with Crippen molar-refractivity contribution in [3.8, 4) is 0 Å². The zero-order valence-corrected chi connectivity index (χ0v) is 8.51. The molecule has 0 aromatic heterocycles. The maximum absolute atomic E-state index is 5.28. The molecule has 76 valence electrons. The lowest BCUT2D eigenvalue weighted by Gasteiger charge is -2.27. The van der Waals surface area contributed by atoms with Gasteiger partial charge in [-0.05, 0) is 20.0 Å². The lowest BCUT2D eigenvalue weighted by atomic mass is 10.2. The summed E-state index contributed by atoms with van der Waals surface area (Å²) in [5, 5.41) is 3.13. The summed E-state index contributed by atoms with van der Waals surface area (Å²) < 4.78 is 5.28. The van der Waals surface area contributed by atoms with Gasteiger partial charge in [0.2, 0.25) is 0 Å². The van der Waals surface area contributed by atoms with Gasteiger partial charge in [0, 0.05) is 19.6 Å². The van der Waals surface area contributed by atoms with E-state index in [0.29, 0.717) is 0 Å². The highest BCUT2D eigenvalue weighted by atomic mass is 16.5. The maximum Gasteiger partial charge on any atom is 0.0594 e. The first kappa shape index (κ1) is 10.7. The molecular formula is C10H20N2O. The van der Waals surface area contributed by atoms with Crippen molar-refractivity contribution in [3.05, 3.63) is 12.2 Å². The third kappa shape index (κ3) is 4.41. The Balaban J connectivity index is 2.11. The molecule has 0 aromatic rings. The average molecular weight is 184 g/mol. The molecule has 0 bridgehead atoms. The van der Waals surface area contributed by atoms with Crippen LogP contribution in [0.25, 0.3) is 0 Å². The van der Waals surface area contributed by atoms with Crippen LogP contribution in [0.15, 0.2) is 12.2 Å². The second kappa shape index (κ2) is 6.13. The van der Waals surface area contributed by atoms with Gasteiger partial charge >= 0.3 is 0 Å². The summed E-state index contributed by atoms with van der Waals surface area (Å²) in [6.45, 7) is 9.98. The van der Waals surface area contributed by atoms with Crippen LogP contribution in [0.4, 0.5) is 0 Å². The highest BCUT2D eigenvalue weighted by Crippen LogP contribution is 2.03. The van der Waals surface area contributed by atoms with Gasteiger partial charge in [0.1, 0.15) is 0 Å². The standard InChI is InChI=1S/C10H20N2O/c1-10(3-4-11-2)9-12-5-7-13-8-6-12/h11H,1,3-9H2,2H3. The molecule has 1 aliphatic rings. The van der Waals surface area contributed by atoms with Crippen LogP contribution in [0.5, 0.6) is 0 Å². The number of hydrogen-bond acceptors (Lipinski definition) is 3. The van der Waals surface area contributed by atoms with Crippen LogP contribution < -0.4 is 5.32 Å². The van der Waals surface area contributed by atoms with Crippen LogP contribution in [0, 0.1) is 0 Å². The number of ether oxygens (including phenoxy) is 1. The fraction of sp³-hybridized carbons (Fsp3) is 0.800. The summed E-state index contributed by atoms with van der Waals surface area (Å²) in [5.74, 6) is 0. The van der Waals surface area contributed by atoms with Gasteiger partial charge < -0.3 is 10.1 Å². The summed E-state index contributed by atoms with van der Waals surface area (Å²) in [6.07, 6.45) is 1.08. The summed E-state index contributed by atoms with van der Waals surface area (Å²) >= 11 is 0. The Morgan fingerprint density at radius 2 is 2.15 bits per heavy atom.